The second-order valence-corrected chi connectivity index (χ2v) is 3.66. The van der Waals surface area contributed by atoms with Gasteiger partial charge in [0.15, 0.2) is 0 Å². The van der Waals surface area contributed by atoms with Crippen LogP contribution in [0.25, 0.3) is 0 Å². The Morgan fingerprint density at radius 2 is 2.15 bits per heavy atom. The van der Waals surface area contributed by atoms with Crippen LogP contribution < -0.4 is 5.32 Å². The van der Waals surface area contributed by atoms with Crippen LogP contribution in [0.5, 0.6) is 0 Å². The number of carbonyl (C=O) groups is 1. The fourth-order valence-electron chi connectivity index (χ4n) is 0.645. The Morgan fingerprint density at radius 1 is 1.46 bits per heavy atom. The molecule has 13 heavy (non-hydrogen) atoms. The molecule has 1 rings (SSSR count). The lowest BCUT2D eigenvalue weighted by Crippen LogP contribution is -2.13. The summed E-state index contributed by atoms with van der Waals surface area (Å²) in [6, 6.07) is 0. The molecule has 0 unspecified atom stereocenters. The molecule has 0 saturated carbocycles. The van der Waals surface area contributed by atoms with E-state index in [9.17, 15) is 4.79 Å². The minimum atomic E-state index is -0.114. The van der Waals surface area contributed by atoms with E-state index in [1.807, 2.05) is 13.8 Å². The van der Waals surface area contributed by atoms with E-state index in [1.165, 1.54) is 11.3 Å². The fraction of sp³-hybridized carbons (Fsp3) is 0.375. The topological polar surface area (TPSA) is 54.9 Å². The summed E-state index contributed by atoms with van der Waals surface area (Å²) in [6.45, 7) is 5.58. The lowest BCUT2D eigenvalue weighted by molar-refractivity contribution is -0.112. The largest absolute Gasteiger partial charge is 0.297 e. The van der Waals surface area contributed by atoms with Gasteiger partial charge in [0.25, 0.3) is 5.91 Å². The highest BCUT2D eigenvalue weighted by molar-refractivity contribution is 7.13. The molecule has 0 aliphatic carbocycles. The van der Waals surface area contributed by atoms with Crippen LogP contribution in [0.3, 0.4) is 0 Å². The third kappa shape index (κ3) is 2.62. The number of aromatic nitrogens is 2. The highest BCUT2D eigenvalue weighted by Gasteiger charge is 2.07. The van der Waals surface area contributed by atoms with Crippen LogP contribution in [0.2, 0.25) is 0 Å². The summed E-state index contributed by atoms with van der Waals surface area (Å²) < 4.78 is 0. The molecule has 5 heteroatoms. The molecule has 0 radical (unpaired) electrons. The minimum absolute atomic E-state index is 0.114. The van der Waals surface area contributed by atoms with Crippen molar-refractivity contribution in [3.05, 3.63) is 16.7 Å². The first kappa shape index (κ1) is 9.85. The van der Waals surface area contributed by atoms with E-state index in [4.69, 9.17) is 0 Å². The molecular formula is C8H11N3OS. The Labute approximate surface area is 80.7 Å². The van der Waals surface area contributed by atoms with Crippen molar-refractivity contribution in [3.63, 3.8) is 0 Å². The minimum Gasteiger partial charge on any atom is -0.297 e. The highest BCUT2D eigenvalue weighted by Crippen LogP contribution is 2.11. The summed E-state index contributed by atoms with van der Waals surface area (Å²) >= 11 is 1.30. The van der Waals surface area contributed by atoms with Crippen molar-refractivity contribution in [2.24, 2.45) is 0 Å². The molecule has 1 aromatic rings. The average Bonchev–Trinajstić information content (AvgIpc) is 2.55. The SMILES string of the molecule is CC(C)=C(C)C(=O)Nc1nncs1. The third-order valence-corrected chi connectivity index (χ3v) is 2.28. The zero-order valence-corrected chi connectivity index (χ0v) is 8.60. The first-order valence-electron chi connectivity index (χ1n) is 3.83. The molecule has 70 valence electrons. The molecule has 1 amide bonds. The molecule has 0 atom stereocenters. The molecule has 0 spiro atoms. The Hall–Kier alpha value is -1.23. The van der Waals surface area contributed by atoms with Gasteiger partial charge in [0.2, 0.25) is 5.13 Å². The molecule has 0 aromatic carbocycles. The number of anilines is 1. The number of allylic oxidation sites excluding steroid dienone is 1. The van der Waals surface area contributed by atoms with Crippen LogP contribution in [0.4, 0.5) is 5.13 Å². The number of hydrogen-bond donors (Lipinski definition) is 1. The van der Waals surface area contributed by atoms with Crippen molar-refractivity contribution in [1.82, 2.24) is 10.2 Å². The van der Waals surface area contributed by atoms with Gasteiger partial charge in [-0.1, -0.05) is 16.9 Å². The van der Waals surface area contributed by atoms with Crippen molar-refractivity contribution < 1.29 is 4.79 Å². The Balaban J connectivity index is 2.67. The second kappa shape index (κ2) is 4.13. The number of nitrogens with one attached hydrogen (secondary N) is 1. The Morgan fingerprint density at radius 3 is 2.62 bits per heavy atom. The van der Waals surface area contributed by atoms with E-state index in [0.29, 0.717) is 5.13 Å². The van der Waals surface area contributed by atoms with Crippen LogP contribution in [0.1, 0.15) is 20.8 Å². The standard InChI is InChI=1S/C8H11N3OS/c1-5(2)6(3)7(12)10-8-11-9-4-13-8/h4H,1-3H3,(H,10,11,12). The monoisotopic (exact) mass is 197 g/mol. The van der Waals surface area contributed by atoms with Gasteiger partial charge in [-0.25, -0.2) is 0 Å². The molecule has 0 saturated heterocycles. The zero-order chi connectivity index (χ0) is 9.84. The summed E-state index contributed by atoms with van der Waals surface area (Å²) in [5.41, 5.74) is 3.30. The van der Waals surface area contributed by atoms with Gasteiger partial charge in [0.1, 0.15) is 5.51 Å². The summed E-state index contributed by atoms with van der Waals surface area (Å²) in [4.78, 5) is 11.4. The van der Waals surface area contributed by atoms with Crippen LogP contribution in [0.15, 0.2) is 16.7 Å². The molecule has 1 N–H and O–H groups in total. The van der Waals surface area contributed by atoms with Gasteiger partial charge in [-0.15, -0.1) is 10.2 Å². The number of nitrogens with zero attached hydrogens (tertiary/aromatic N) is 2. The summed E-state index contributed by atoms with van der Waals surface area (Å²) in [5, 5.41) is 10.5. The lowest BCUT2D eigenvalue weighted by Gasteiger charge is -2.02. The van der Waals surface area contributed by atoms with Crippen molar-refractivity contribution >= 4 is 22.4 Å². The summed E-state index contributed by atoms with van der Waals surface area (Å²) in [5.74, 6) is -0.114. The van der Waals surface area contributed by atoms with Crippen molar-refractivity contribution in [3.8, 4) is 0 Å². The summed E-state index contributed by atoms with van der Waals surface area (Å²) in [7, 11) is 0. The smallest absolute Gasteiger partial charge is 0.253 e. The number of amides is 1. The maximum atomic E-state index is 11.4. The van der Waals surface area contributed by atoms with Gasteiger partial charge in [-0.2, -0.15) is 0 Å². The molecule has 4 nitrogen and oxygen atoms in total. The predicted octanol–water partition coefficient (Wildman–Crippen LogP) is 1.83. The van der Waals surface area contributed by atoms with E-state index in [2.05, 4.69) is 15.5 Å². The van der Waals surface area contributed by atoms with E-state index in [0.717, 1.165) is 11.1 Å². The van der Waals surface area contributed by atoms with Gasteiger partial charge < -0.3 is 0 Å². The Kier molecular flexibility index (Phi) is 3.13. The normalized spacial score (nSPS) is 9.46. The molecule has 1 heterocycles. The van der Waals surface area contributed by atoms with E-state index >= 15 is 0 Å². The van der Waals surface area contributed by atoms with Crippen molar-refractivity contribution in [1.29, 1.82) is 0 Å². The van der Waals surface area contributed by atoms with Gasteiger partial charge >= 0.3 is 0 Å². The van der Waals surface area contributed by atoms with Crippen LogP contribution in [-0.2, 0) is 4.79 Å². The van der Waals surface area contributed by atoms with Gasteiger partial charge in [0, 0.05) is 5.57 Å². The van der Waals surface area contributed by atoms with Crippen molar-refractivity contribution in [2.45, 2.75) is 20.8 Å². The lowest BCUT2D eigenvalue weighted by atomic mass is 10.2. The number of hydrogen-bond acceptors (Lipinski definition) is 4. The number of rotatable bonds is 2. The van der Waals surface area contributed by atoms with Crippen LogP contribution in [0, 0.1) is 0 Å². The maximum absolute atomic E-state index is 11.4. The van der Waals surface area contributed by atoms with Gasteiger partial charge in [-0.3, -0.25) is 10.1 Å². The molecular weight excluding hydrogens is 186 g/mol. The molecule has 1 aromatic heterocycles. The van der Waals surface area contributed by atoms with E-state index < -0.39 is 0 Å². The quantitative estimate of drug-likeness (QED) is 0.736. The first-order chi connectivity index (χ1) is 6.11. The second-order valence-electron chi connectivity index (χ2n) is 2.82. The molecule has 0 aliphatic rings. The van der Waals surface area contributed by atoms with Gasteiger partial charge in [-0.05, 0) is 20.8 Å². The zero-order valence-electron chi connectivity index (χ0n) is 7.79. The average molecular weight is 197 g/mol. The Bertz CT molecular complexity index is 325. The number of carbonyl (C=O) groups excluding carboxylic acids is 1. The van der Waals surface area contributed by atoms with Crippen molar-refractivity contribution in [2.75, 3.05) is 5.32 Å². The molecule has 0 bridgehead atoms. The first-order valence-corrected chi connectivity index (χ1v) is 4.71. The predicted molar refractivity (Wildman–Crippen MR) is 52.6 cm³/mol. The van der Waals surface area contributed by atoms with Gasteiger partial charge in [0.05, 0.1) is 0 Å². The summed E-state index contributed by atoms with van der Waals surface area (Å²) in [6.07, 6.45) is 0. The molecule has 0 fully saturated rings. The fourth-order valence-corrected chi connectivity index (χ4v) is 1.09. The van der Waals surface area contributed by atoms with E-state index in [-0.39, 0.29) is 5.91 Å². The highest BCUT2D eigenvalue weighted by atomic mass is 32.1. The van der Waals surface area contributed by atoms with E-state index in [1.54, 1.807) is 12.4 Å². The third-order valence-electron chi connectivity index (χ3n) is 1.67. The molecule has 0 aliphatic heterocycles. The van der Waals surface area contributed by atoms with Crippen LogP contribution >= 0.6 is 11.3 Å². The maximum Gasteiger partial charge on any atom is 0.253 e. The van der Waals surface area contributed by atoms with Crippen LogP contribution in [-0.4, -0.2) is 16.1 Å².